The van der Waals surface area contributed by atoms with E-state index in [1.807, 2.05) is 6.07 Å². The molecule has 0 bridgehead atoms. The summed E-state index contributed by atoms with van der Waals surface area (Å²) in [4.78, 5) is 16.0. The Morgan fingerprint density at radius 1 is 1.09 bits per heavy atom. The van der Waals surface area contributed by atoms with Gasteiger partial charge in [0.25, 0.3) is 0 Å². The maximum atomic E-state index is 13.4. The van der Waals surface area contributed by atoms with Crippen molar-refractivity contribution in [3.63, 3.8) is 0 Å². The fourth-order valence-electron chi connectivity index (χ4n) is 5.87. The number of ether oxygens (including phenoxy) is 1. The third-order valence-corrected chi connectivity index (χ3v) is 7.97. The van der Waals surface area contributed by atoms with E-state index >= 15 is 0 Å². The molecule has 34 heavy (non-hydrogen) atoms. The van der Waals surface area contributed by atoms with Gasteiger partial charge >= 0.3 is 6.61 Å². The molecular formula is C28H36F2N2O2. The number of piperidine rings is 1. The van der Waals surface area contributed by atoms with Crippen LogP contribution in [-0.2, 0) is 11.3 Å². The van der Waals surface area contributed by atoms with E-state index in [1.165, 1.54) is 24.5 Å². The standard InChI is InChI=1S/C28H36F2N2O2/c1-20(2)28(26(33)31-19-21-7-6-10-25(17-21)34-27(29)30)14-11-24(18-28)32-15-12-23(13-16-32)22-8-4-3-5-9-22/h3-10,17,20,23-24,27H,11-16,18-19H2,1-2H3,(H,31,33). The lowest BCUT2D eigenvalue weighted by Crippen LogP contribution is -2.45. The first-order chi connectivity index (χ1) is 16.4. The highest BCUT2D eigenvalue weighted by Gasteiger charge is 2.48. The number of likely N-dealkylation sites (tertiary alicyclic amines) is 1. The van der Waals surface area contributed by atoms with E-state index in [0.717, 1.165) is 37.9 Å². The lowest BCUT2D eigenvalue weighted by atomic mass is 9.74. The lowest BCUT2D eigenvalue weighted by Gasteiger charge is -2.38. The number of hydrogen-bond acceptors (Lipinski definition) is 3. The van der Waals surface area contributed by atoms with Crippen molar-refractivity contribution in [3.05, 3.63) is 65.7 Å². The summed E-state index contributed by atoms with van der Waals surface area (Å²) >= 11 is 0. The van der Waals surface area contributed by atoms with E-state index in [1.54, 1.807) is 12.1 Å². The molecule has 1 N–H and O–H groups in total. The lowest BCUT2D eigenvalue weighted by molar-refractivity contribution is -0.133. The minimum atomic E-state index is -2.86. The van der Waals surface area contributed by atoms with Crippen LogP contribution in [0.5, 0.6) is 5.75 Å². The van der Waals surface area contributed by atoms with Gasteiger partial charge in [0.15, 0.2) is 0 Å². The topological polar surface area (TPSA) is 41.6 Å². The van der Waals surface area contributed by atoms with E-state index in [0.29, 0.717) is 18.5 Å². The van der Waals surface area contributed by atoms with Crippen molar-refractivity contribution in [1.29, 1.82) is 0 Å². The van der Waals surface area contributed by atoms with Gasteiger partial charge in [-0.2, -0.15) is 8.78 Å². The average Bonchev–Trinajstić information content (AvgIpc) is 3.30. The normalized spacial score (nSPS) is 24.0. The van der Waals surface area contributed by atoms with Crippen LogP contribution in [0.4, 0.5) is 8.78 Å². The number of rotatable bonds is 8. The van der Waals surface area contributed by atoms with Crippen molar-refractivity contribution in [2.24, 2.45) is 11.3 Å². The number of amides is 1. The largest absolute Gasteiger partial charge is 0.435 e. The highest BCUT2D eigenvalue weighted by atomic mass is 19.3. The molecule has 6 heteroatoms. The van der Waals surface area contributed by atoms with Crippen LogP contribution < -0.4 is 10.1 Å². The summed E-state index contributed by atoms with van der Waals surface area (Å²) in [5.41, 5.74) is 1.80. The van der Waals surface area contributed by atoms with E-state index in [9.17, 15) is 13.6 Å². The number of hydrogen-bond donors (Lipinski definition) is 1. The van der Waals surface area contributed by atoms with Gasteiger partial charge in [0.1, 0.15) is 5.75 Å². The summed E-state index contributed by atoms with van der Waals surface area (Å²) < 4.78 is 29.5. The minimum absolute atomic E-state index is 0.0735. The molecular weight excluding hydrogens is 434 g/mol. The predicted octanol–water partition coefficient (Wildman–Crippen LogP) is 5.98. The summed E-state index contributed by atoms with van der Waals surface area (Å²) in [5, 5.41) is 3.10. The molecule has 184 valence electrons. The van der Waals surface area contributed by atoms with Crippen molar-refractivity contribution in [1.82, 2.24) is 10.2 Å². The third kappa shape index (κ3) is 5.60. The molecule has 0 spiro atoms. The Balaban J connectivity index is 1.34. The Morgan fingerprint density at radius 2 is 1.82 bits per heavy atom. The Hall–Kier alpha value is -2.47. The van der Waals surface area contributed by atoms with Crippen molar-refractivity contribution < 1.29 is 18.3 Å². The van der Waals surface area contributed by atoms with Gasteiger partial charge in [0, 0.05) is 12.6 Å². The molecule has 4 nitrogen and oxygen atoms in total. The van der Waals surface area contributed by atoms with Gasteiger partial charge in [-0.15, -0.1) is 0 Å². The molecule has 2 atom stereocenters. The molecule has 1 heterocycles. The summed E-state index contributed by atoms with van der Waals surface area (Å²) in [6.07, 6.45) is 5.13. The average molecular weight is 471 g/mol. The highest BCUT2D eigenvalue weighted by Crippen LogP contribution is 2.47. The Kier molecular flexibility index (Phi) is 7.87. The van der Waals surface area contributed by atoms with Gasteiger partial charge in [0.05, 0.1) is 5.41 Å². The second-order valence-electron chi connectivity index (χ2n) is 10.1. The van der Waals surface area contributed by atoms with Gasteiger partial charge in [0.2, 0.25) is 5.91 Å². The van der Waals surface area contributed by atoms with Crippen molar-refractivity contribution in [2.75, 3.05) is 13.1 Å². The second kappa shape index (κ2) is 10.9. The van der Waals surface area contributed by atoms with Crippen molar-refractivity contribution in [2.45, 2.75) is 71.1 Å². The first-order valence-electron chi connectivity index (χ1n) is 12.5. The highest BCUT2D eigenvalue weighted by molar-refractivity contribution is 5.83. The fraction of sp³-hybridized carbons (Fsp3) is 0.536. The Morgan fingerprint density at radius 3 is 2.50 bits per heavy atom. The molecule has 1 amide bonds. The van der Waals surface area contributed by atoms with E-state index in [4.69, 9.17) is 0 Å². The van der Waals surface area contributed by atoms with Gasteiger partial charge in [-0.1, -0.05) is 56.3 Å². The first-order valence-corrected chi connectivity index (χ1v) is 12.5. The number of carbonyl (C=O) groups is 1. The minimum Gasteiger partial charge on any atom is -0.435 e. The summed E-state index contributed by atoms with van der Waals surface area (Å²) in [6.45, 7) is 3.89. The quantitative estimate of drug-likeness (QED) is 0.516. The zero-order chi connectivity index (χ0) is 24.1. The number of halogens is 2. The summed E-state index contributed by atoms with van der Waals surface area (Å²) in [5.74, 6) is 1.04. The van der Waals surface area contributed by atoms with E-state index < -0.39 is 12.0 Å². The SMILES string of the molecule is CC(C)C1(C(=O)NCc2cccc(OC(F)F)c2)CCC(N2CCC(c3ccccc3)CC2)C1. The van der Waals surface area contributed by atoms with Crippen LogP contribution in [-0.4, -0.2) is 36.5 Å². The molecule has 2 aromatic rings. The zero-order valence-corrected chi connectivity index (χ0v) is 20.2. The third-order valence-electron chi connectivity index (χ3n) is 7.97. The van der Waals surface area contributed by atoms with E-state index in [2.05, 4.69) is 59.1 Å². The van der Waals surface area contributed by atoms with Crippen LogP contribution in [0.25, 0.3) is 0 Å². The molecule has 2 fully saturated rings. The maximum Gasteiger partial charge on any atom is 0.387 e. The molecule has 4 rings (SSSR count). The molecule has 1 saturated carbocycles. The maximum absolute atomic E-state index is 13.4. The monoisotopic (exact) mass is 470 g/mol. The number of alkyl halides is 2. The van der Waals surface area contributed by atoms with Crippen LogP contribution in [0.15, 0.2) is 54.6 Å². The van der Waals surface area contributed by atoms with Crippen LogP contribution in [0.2, 0.25) is 0 Å². The van der Waals surface area contributed by atoms with Crippen molar-refractivity contribution in [3.8, 4) is 5.75 Å². The number of carbonyl (C=O) groups excluding carboxylic acids is 1. The Bertz CT molecular complexity index is 944. The van der Waals surface area contributed by atoms with E-state index in [-0.39, 0.29) is 17.6 Å². The molecule has 1 saturated heterocycles. The van der Waals surface area contributed by atoms with Gasteiger partial charge in [-0.05, 0) is 80.3 Å². The van der Waals surface area contributed by atoms with Crippen molar-refractivity contribution >= 4 is 5.91 Å². The molecule has 2 aliphatic rings. The van der Waals surface area contributed by atoms with Gasteiger partial charge in [-0.3, -0.25) is 4.79 Å². The molecule has 1 aliphatic heterocycles. The molecule has 2 unspecified atom stereocenters. The predicted molar refractivity (Wildman–Crippen MR) is 130 cm³/mol. The smallest absolute Gasteiger partial charge is 0.387 e. The second-order valence-corrected chi connectivity index (χ2v) is 10.1. The number of nitrogens with one attached hydrogen (secondary N) is 1. The molecule has 0 radical (unpaired) electrons. The first kappa shape index (κ1) is 24.6. The zero-order valence-electron chi connectivity index (χ0n) is 20.2. The summed E-state index contributed by atoms with van der Waals surface area (Å²) in [6, 6.07) is 17.8. The van der Waals surface area contributed by atoms with Crippen LogP contribution in [0.3, 0.4) is 0 Å². The van der Waals surface area contributed by atoms with Crippen LogP contribution in [0.1, 0.15) is 63.0 Å². The fourth-order valence-corrected chi connectivity index (χ4v) is 5.87. The van der Waals surface area contributed by atoms with Gasteiger partial charge in [-0.25, -0.2) is 0 Å². The van der Waals surface area contributed by atoms with Crippen LogP contribution in [0, 0.1) is 11.3 Å². The van der Waals surface area contributed by atoms with Crippen LogP contribution >= 0.6 is 0 Å². The number of benzene rings is 2. The van der Waals surface area contributed by atoms with Gasteiger partial charge < -0.3 is 15.0 Å². The molecule has 2 aromatic carbocycles. The molecule has 0 aromatic heterocycles. The Labute approximate surface area is 201 Å². The summed E-state index contributed by atoms with van der Waals surface area (Å²) in [7, 11) is 0. The number of nitrogens with zero attached hydrogens (tertiary/aromatic N) is 1. The molecule has 1 aliphatic carbocycles.